The number of nitrogens with zero attached hydrogens (tertiary/aromatic N) is 1. The van der Waals surface area contributed by atoms with Crippen molar-refractivity contribution >= 4 is 17.2 Å². The van der Waals surface area contributed by atoms with E-state index in [1.165, 1.54) is 0 Å². The van der Waals surface area contributed by atoms with Gasteiger partial charge >= 0.3 is 6.18 Å². The minimum absolute atomic E-state index is 0.0532. The van der Waals surface area contributed by atoms with Crippen LogP contribution in [0.4, 0.5) is 13.2 Å². The molecule has 0 saturated heterocycles. The van der Waals surface area contributed by atoms with Gasteiger partial charge in [-0.25, -0.2) is 4.98 Å². The molecule has 7 heteroatoms. The van der Waals surface area contributed by atoms with E-state index in [1.54, 1.807) is 0 Å². The number of alkyl halides is 3. The lowest BCUT2D eigenvalue weighted by Gasteiger charge is -2.37. The summed E-state index contributed by atoms with van der Waals surface area (Å²) >= 11 is 0.919. The summed E-state index contributed by atoms with van der Waals surface area (Å²) in [5.41, 5.74) is -0.947. The van der Waals surface area contributed by atoms with Crippen LogP contribution in [0.2, 0.25) is 0 Å². The largest absolute Gasteiger partial charge is 0.434 e. The van der Waals surface area contributed by atoms with Crippen molar-refractivity contribution in [3.8, 4) is 0 Å². The van der Waals surface area contributed by atoms with Gasteiger partial charge in [0.15, 0.2) is 5.69 Å². The molecule has 1 fully saturated rings. The molecule has 1 amide bonds. The fraction of sp³-hybridized carbons (Fsp3) is 0.714. The first-order valence-corrected chi connectivity index (χ1v) is 7.87. The molecule has 1 aromatic heterocycles. The van der Waals surface area contributed by atoms with Crippen molar-refractivity contribution in [3.05, 3.63) is 16.1 Å². The zero-order valence-electron chi connectivity index (χ0n) is 12.1. The zero-order valence-corrected chi connectivity index (χ0v) is 12.9. The van der Waals surface area contributed by atoms with Gasteiger partial charge in [0.1, 0.15) is 5.01 Å². The van der Waals surface area contributed by atoms with Crippen molar-refractivity contribution in [3.63, 3.8) is 0 Å². The number of carbonyl (C=O) groups excluding carboxylic acids is 1. The molecule has 1 aliphatic carbocycles. The maximum atomic E-state index is 12.4. The molecule has 1 atom stereocenters. The fourth-order valence-electron chi connectivity index (χ4n) is 2.79. The first-order chi connectivity index (χ1) is 9.70. The fourth-order valence-corrected chi connectivity index (χ4v) is 3.53. The van der Waals surface area contributed by atoms with Gasteiger partial charge in [-0.1, -0.05) is 26.7 Å². The highest BCUT2D eigenvalue weighted by molar-refractivity contribution is 7.09. The van der Waals surface area contributed by atoms with Crippen molar-refractivity contribution in [2.45, 2.75) is 52.3 Å². The summed E-state index contributed by atoms with van der Waals surface area (Å²) in [6.45, 7) is 4.20. The molecule has 0 bridgehead atoms. The molecule has 1 heterocycles. The predicted octanol–water partition coefficient (Wildman–Crippen LogP) is 3.99. The van der Waals surface area contributed by atoms with Crippen molar-refractivity contribution < 1.29 is 18.0 Å². The van der Waals surface area contributed by atoms with E-state index >= 15 is 0 Å². The lowest BCUT2D eigenvalue weighted by molar-refractivity contribution is -0.140. The summed E-state index contributed by atoms with van der Waals surface area (Å²) in [6, 6.07) is 0. The molecule has 1 N–H and O–H groups in total. The van der Waals surface area contributed by atoms with E-state index in [0.29, 0.717) is 0 Å². The molecule has 0 spiro atoms. The minimum Gasteiger partial charge on any atom is -0.349 e. The third-order valence-corrected chi connectivity index (χ3v) is 4.93. The van der Waals surface area contributed by atoms with E-state index in [1.807, 2.05) is 0 Å². The Bertz CT molecular complexity index is 511. The van der Waals surface area contributed by atoms with Crippen LogP contribution in [-0.4, -0.2) is 10.9 Å². The van der Waals surface area contributed by atoms with Crippen LogP contribution in [0.5, 0.6) is 0 Å². The number of aromatic nitrogens is 1. The maximum absolute atomic E-state index is 12.4. The smallest absolute Gasteiger partial charge is 0.349 e. The average Bonchev–Trinajstić information content (AvgIpc) is 2.84. The highest BCUT2D eigenvalue weighted by Gasteiger charge is 2.37. The normalized spacial score (nSPS) is 22.0. The van der Waals surface area contributed by atoms with Gasteiger partial charge in [-0.05, 0) is 18.3 Å². The molecule has 1 saturated carbocycles. The van der Waals surface area contributed by atoms with Crippen molar-refractivity contribution in [2.75, 3.05) is 0 Å². The number of nitrogens with one attached hydrogen (secondary N) is 1. The third kappa shape index (κ3) is 3.96. The Labute approximate surface area is 126 Å². The summed E-state index contributed by atoms with van der Waals surface area (Å²) < 4.78 is 37.3. The Morgan fingerprint density at radius 1 is 1.48 bits per heavy atom. The highest BCUT2D eigenvalue weighted by Crippen LogP contribution is 2.40. The molecule has 2 rings (SSSR count). The average molecular weight is 320 g/mol. The van der Waals surface area contributed by atoms with Crippen molar-refractivity contribution in [1.82, 2.24) is 10.3 Å². The lowest BCUT2D eigenvalue weighted by Crippen LogP contribution is -2.40. The molecule has 1 aliphatic rings. The molecular weight excluding hydrogens is 301 g/mol. The molecule has 1 unspecified atom stereocenters. The maximum Gasteiger partial charge on any atom is 0.434 e. The lowest BCUT2D eigenvalue weighted by atomic mass is 9.68. The third-order valence-electron chi connectivity index (χ3n) is 4.08. The van der Waals surface area contributed by atoms with E-state index in [2.05, 4.69) is 24.1 Å². The number of amides is 1. The number of hydrogen-bond acceptors (Lipinski definition) is 3. The van der Waals surface area contributed by atoms with E-state index in [0.717, 1.165) is 42.4 Å². The van der Waals surface area contributed by atoms with Gasteiger partial charge in [0.2, 0.25) is 5.91 Å². The Hall–Kier alpha value is -1.11. The second-order valence-corrected chi connectivity index (χ2v) is 7.07. The van der Waals surface area contributed by atoms with Gasteiger partial charge in [-0.2, -0.15) is 13.2 Å². The first-order valence-electron chi connectivity index (χ1n) is 6.99. The molecule has 0 radical (unpaired) electrons. The molecule has 1 aromatic rings. The summed E-state index contributed by atoms with van der Waals surface area (Å²) in [4.78, 5) is 15.7. The molecule has 3 nitrogen and oxygen atoms in total. The van der Waals surface area contributed by atoms with Gasteiger partial charge in [0.25, 0.3) is 0 Å². The first kappa shape index (κ1) is 16.3. The van der Waals surface area contributed by atoms with Crippen LogP contribution >= 0.6 is 11.3 Å². The van der Waals surface area contributed by atoms with Crippen LogP contribution in [0.15, 0.2) is 5.38 Å². The van der Waals surface area contributed by atoms with Gasteiger partial charge in [-0.15, -0.1) is 11.3 Å². The van der Waals surface area contributed by atoms with Gasteiger partial charge in [0.05, 0.1) is 6.54 Å². The van der Waals surface area contributed by atoms with E-state index in [4.69, 9.17) is 0 Å². The molecule has 0 aromatic carbocycles. The standard InChI is InChI=1S/C14H19F3N2OS/c1-13(2)6-4-3-5-9(13)12(20)18-7-11-19-10(8-21-11)14(15,16)17/h8-9H,3-7H2,1-2H3,(H,18,20). The summed E-state index contributed by atoms with van der Waals surface area (Å²) in [7, 11) is 0. The SMILES string of the molecule is CC1(C)CCCCC1C(=O)NCc1nc(C(F)(F)F)cs1. The zero-order chi connectivity index (χ0) is 15.7. The van der Waals surface area contributed by atoms with E-state index in [9.17, 15) is 18.0 Å². The summed E-state index contributed by atoms with van der Waals surface area (Å²) in [5, 5.41) is 3.99. The van der Waals surface area contributed by atoms with Crippen molar-refractivity contribution in [1.29, 1.82) is 0 Å². The molecular formula is C14H19F3N2OS. The molecule has 0 aliphatic heterocycles. The van der Waals surface area contributed by atoms with Crippen LogP contribution in [0.25, 0.3) is 0 Å². The van der Waals surface area contributed by atoms with Crippen LogP contribution in [0.1, 0.15) is 50.2 Å². The topological polar surface area (TPSA) is 42.0 Å². The van der Waals surface area contributed by atoms with Gasteiger partial charge in [0, 0.05) is 11.3 Å². The molecule has 21 heavy (non-hydrogen) atoms. The molecule has 118 valence electrons. The van der Waals surface area contributed by atoms with E-state index < -0.39 is 11.9 Å². The number of halogens is 3. The van der Waals surface area contributed by atoms with E-state index in [-0.39, 0.29) is 28.8 Å². The number of hydrogen-bond donors (Lipinski definition) is 1. The second kappa shape index (κ2) is 5.94. The Kier molecular flexibility index (Phi) is 4.60. The summed E-state index contributed by atoms with van der Waals surface area (Å²) in [6.07, 6.45) is -0.440. The number of rotatable bonds is 3. The Balaban J connectivity index is 1.93. The number of thiazole rings is 1. The van der Waals surface area contributed by atoms with Crippen LogP contribution < -0.4 is 5.32 Å². The second-order valence-electron chi connectivity index (χ2n) is 6.13. The minimum atomic E-state index is -4.43. The highest BCUT2D eigenvalue weighted by atomic mass is 32.1. The van der Waals surface area contributed by atoms with Gasteiger partial charge < -0.3 is 5.32 Å². The van der Waals surface area contributed by atoms with Gasteiger partial charge in [-0.3, -0.25) is 4.79 Å². The quantitative estimate of drug-likeness (QED) is 0.915. The van der Waals surface area contributed by atoms with Crippen LogP contribution in [0.3, 0.4) is 0 Å². The Morgan fingerprint density at radius 2 is 2.19 bits per heavy atom. The van der Waals surface area contributed by atoms with Crippen LogP contribution in [0, 0.1) is 11.3 Å². The van der Waals surface area contributed by atoms with Crippen LogP contribution in [-0.2, 0) is 17.5 Å². The number of carbonyl (C=O) groups is 1. The summed E-state index contributed by atoms with van der Waals surface area (Å²) in [5.74, 6) is -0.156. The predicted molar refractivity (Wildman–Crippen MR) is 74.7 cm³/mol. The monoisotopic (exact) mass is 320 g/mol. The Morgan fingerprint density at radius 3 is 2.76 bits per heavy atom. The van der Waals surface area contributed by atoms with Crippen molar-refractivity contribution in [2.24, 2.45) is 11.3 Å².